The Balaban J connectivity index is 2.86. The molecule has 0 aliphatic heterocycles. The topological polar surface area (TPSA) is 0 Å². The predicted octanol–water partition coefficient (Wildman–Crippen LogP) is 0.505. The molecule has 0 rings (SSSR count). The van der Waals surface area contributed by atoms with Gasteiger partial charge in [-0.1, -0.05) is 0 Å². The van der Waals surface area contributed by atoms with E-state index in [0.717, 1.165) is 5.92 Å². The van der Waals surface area contributed by atoms with Crippen molar-refractivity contribution in [3.63, 3.8) is 0 Å². The third-order valence-electron chi connectivity index (χ3n) is 1.30. The standard InChI is InChI=1S/C6H16As2/c1-6(5-8)3-2-4-7/h6H,2-5,7-8H2,1H3. The van der Waals surface area contributed by atoms with Crippen LogP contribution in [0.15, 0.2) is 0 Å². The van der Waals surface area contributed by atoms with Crippen molar-refractivity contribution in [2.24, 2.45) is 5.92 Å². The Hall–Kier alpha value is 1.12. The fraction of sp³-hybridized carbons (Fsp3) is 1.00. The van der Waals surface area contributed by atoms with Gasteiger partial charge in [-0.05, 0) is 0 Å². The van der Waals surface area contributed by atoms with Gasteiger partial charge in [-0.15, -0.1) is 0 Å². The summed E-state index contributed by atoms with van der Waals surface area (Å²) in [6.45, 7) is 2.35. The van der Waals surface area contributed by atoms with E-state index in [0.29, 0.717) is 0 Å². The van der Waals surface area contributed by atoms with E-state index in [2.05, 4.69) is 6.92 Å². The summed E-state index contributed by atoms with van der Waals surface area (Å²) < 4.78 is 0. The van der Waals surface area contributed by atoms with Gasteiger partial charge in [0, 0.05) is 0 Å². The molecule has 0 heterocycles. The van der Waals surface area contributed by atoms with Crippen LogP contribution in [0.5, 0.6) is 0 Å². The quantitative estimate of drug-likeness (QED) is 0.626. The first-order chi connectivity index (χ1) is 3.81. The van der Waals surface area contributed by atoms with Crippen LogP contribution in [0.2, 0.25) is 10.4 Å². The van der Waals surface area contributed by atoms with Crippen LogP contribution in [0, 0.1) is 5.92 Å². The molecule has 0 aliphatic rings. The maximum absolute atomic E-state index is 2.35. The van der Waals surface area contributed by atoms with Crippen molar-refractivity contribution in [1.29, 1.82) is 0 Å². The molecular formula is C6H16As2. The molecule has 3 unspecified atom stereocenters. The van der Waals surface area contributed by atoms with Gasteiger partial charge in [0.25, 0.3) is 0 Å². The fourth-order valence-corrected chi connectivity index (χ4v) is 1.57. The van der Waals surface area contributed by atoms with E-state index in [9.17, 15) is 0 Å². The van der Waals surface area contributed by atoms with Gasteiger partial charge in [-0.3, -0.25) is 0 Å². The van der Waals surface area contributed by atoms with Crippen molar-refractivity contribution in [1.82, 2.24) is 0 Å². The third-order valence-corrected chi connectivity index (χ3v) is 3.85. The summed E-state index contributed by atoms with van der Waals surface area (Å²) in [5.74, 6) is 0.991. The van der Waals surface area contributed by atoms with Crippen LogP contribution in [0.1, 0.15) is 19.8 Å². The van der Waals surface area contributed by atoms with Gasteiger partial charge < -0.3 is 0 Å². The van der Waals surface area contributed by atoms with E-state index in [1.54, 1.807) is 0 Å². The molecule has 0 nitrogen and oxygen atoms in total. The minimum atomic E-state index is 0.991. The third kappa shape index (κ3) is 5.26. The first-order valence-corrected chi connectivity index (χ1v) is 6.64. The molecule has 0 amide bonds. The Morgan fingerprint density at radius 2 is 2.00 bits per heavy atom. The Kier molecular flexibility index (Phi) is 7.11. The molecular weight excluding hydrogens is 222 g/mol. The van der Waals surface area contributed by atoms with Gasteiger partial charge in [-0.2, -0.15) is 0 Å². The maximum atomic E-state index is 2.35. The van der Waals surface area contributed by atoms with Gasteiger partial charge in [0.15, 0.2) is 0 Å². The summed E-state index contributed by atoms with van der Waals surface area (Å²) in [5, 5.41) is 2.84. The van der Waals surface area contributed by atoms with Crippen LogP contribution in [-0.4, -0.2) is 33.7 Å². The number of rotatable bonds is 4. The van der Waals surface area contributed by atoms with Gasteiger partial charge in [0.2, 0.25) is 0 Å². The zero-order chi connectivity index (χ0) is 6.41. The molecule has 0 aliphatic carbocycles. The Labute approximate surface area is 69.8 Å². The zero-order valence-electron chi connectivity index (χ0n) is 5.56. The zero-order valence-corrected chi connectivity index (χ0v) is 10.4. The summed E-state index contributed by atoms with van der Waals surface area (Å²) in [5.41, 5.74) is 0. The Morgan fingerprint density at radius 3 is 2.38 bits per heavy atom. The molecule has 0 fully saturated rings. The molecule has 0 aromatic carbocycles. The van der Waals surface area contributed by atoms with Crippen LogP contribution >= 0.6 is 0 Å². The van der Waals surface area contributed by atoms with E-state index in [1.807, 2.05) is 33.7 Å². The van der Waals surface area contributed by atoms with E-state index >= 15 is 0 Å². The molecule has 0 aromatic rings. The van der Waals surface area contributed by atoms with Crippen molar-refractivity contribution in [3.05, 3.63) is 0 Å². The molecule has 3 atom stereocenters. The van der Waals surface area contributed by atoms with E-state index in [1.165, 1.54) is 23.3 Å². The van der Waals surface area contributed by atoms with Crippen molar-refractivity contribution in [3.8, 4) is 0 Å². The molecule has 2 heteroatoms. The number of hydrogen-bond acceptors (Lipinski definition) is 0. The van der Waals surface area contributed by atoms with Crippen LogP contribution in [0.25, 0.3) is 0 Å². The molecule has 0 bridgehead atoms. The van der Waals surface area contributed by atoms with Crippen molar-refractivity contribution in [2.75, 3.05) is 0 Å². The summed E-state index contributed by atoms with van der Waals surface area (Å²) >= 11 is 3.75. The SMILES string of the molecule is CC(C[AsH2])CCC[AsH2]. The van der Waals surface area contributed by atoms with Gasteiger partial charge in [0.05, 0.1) is 0 Å². The second-order valence-electron chi connectivity index (χ2n) is 2.27. The molecule has 8 heavy (non-hydrogen) atoms. The first-order valence-electron chi connectivity index (χ1n) is 3.21. The molecule has 0 saturated carbocycles. The average Bonchev–Trinajstić information content (AvgIpc) is 1.83. The van der Waals surface area contributed by atoms with E-state index in [-0.39, 0.29) is 0 Å². The van der Waals surface area contributed by atoms with Crippen LogP contribution in [0.3, 0.4) is 0 Å². The molecule has 50 valence electrons. The summed E-state index contributed by atoms with van der Waals surface area (Å²) in [6, 6.07) is 0. The van der Waals surface area contributed by atoms with E-state index < -0.39 is 0 Å². The fourth-order valence-electron chi connectivity index (χ4n) is 0.584. The molecule has 0 spiro atoms. The summed E-state index contributed by atoms with van der Waals surface area (Å²) in [6.07, 6.45) is 2.90. The minimum absolute atomic E-state index is 0.991. The van der Waals surface area contributed by atoms with Crippen molar-refractivity contribution >= 4 is 33.7 Å². The molecule has 0 radical (unpaired) electrons. The average molecular weight is 238 g/mol. The second-order valence-corrected chi connectivity index (χ2v) is 4.47. The Morgan fingerprint density at radius 1 is 1.38 bits per heavy atom. The summed E-state index contributed by atoms with van der Waals surface area (Å²) in [4.78, 5) is 0. The predicted molar refractivity (Wildman–Crippen MR) is 45.1 cm³/mol. The van der Waals surface area contributed by atoms with Crippen molar-refractivity contribution in [2.45, 2.75) is 30.2 Å². The van der Waals surface area contributed by atoms with Crippen molar-refractivity contribution < 1.29 is 0 Å². The molecule has 0 aromatic heterocycles. The van der Waals surface area contributed by atoms with Crippen LogP contribution < -0.4 is 0 Å². The van der Waals surface area contributed by atoms with Gasteiger partial charge in [-0.25, -0.2) is 0 Å². The van der Waals surface area contributed by atoms with E-state index in [4.69, 9.17) is 0 Å². The van der Waals surface area contributed by atoms with Crippen LogP contribution in [-0.2, 0) is 0 Å². The normalized spacial score (nSPS) is 13.9. The summed E-state index contributed by atoms with van der Waals surface area (Å²) in [7, 11) is 0. The molecule has 0 N–H and O–H groups in total. The van der Waals surface area contributed by atoms with Crippen LogP contribution in [0.4, 0.5) is 0 Å². The van der Waals surface area contributed by atoms with Gasteiger partial charge >= 0.3 is 69.8 Å². The van der Waals surface area contributed by atoms with Gasteiger partial charge in [0.1, 0.15) is 0 Å². The number of hydrogen-bond donors (Lipinski definition) is 0. The Bertz CT molecular complexity index is 45.8. The second kappa shape index (κ2) is 6.24. The monoisotopic (exact) mass is 238 g/mol. The molecule has 0 saturated heterocycles. The first kappa shape index (κ1) is 9.12.